The number of aliphatic hydroxyl groups excluding tert-OH is 1. The molecule has 0 amide bonds. The molecular formula is C13H14O. The van der Waals surface area contributed by atoms with E-state index in [1.165, 1.54) is 0 Å². The first kappa shape index (κ1) is 9.22. The molecular weight excluding hydrogens is 172 g/mol. The van der Waals surface area contributed by atoms with E-state index in [4.69, 9.17) is 0 Å². The third-order valence-electron chi connectivity index (χ3n) is 2.68. The molecule has 0 heterocycles. The highest BCUT2D eigenvalue weighted by Crippen LogP contribution is 2.33. The van der Waals surface area contributed by atoms with Crippen LogP contribution in [0.4, 0.5) is 0 Å². The molecule has 0 radical (unpaired) electrons. The number of rotatable bonds is 2. The first-order chi connectivity index (χ1) is 6.79. The fourth-order valence-electron chi connectivity index (χ4n) is 1.82. The summed E-state index contributed by atoms with van der Waals surface area (Å²) in [6, 6.07) is 9.74. The summed E-state index contributed by atoms with van der Waals surface area (Å²) in [6.45, 7) is 3.96. The molecule has 1 aliphatic rings. The third kappa shape index (κ3) is 1.64. The van der Waals surface area contributed by atoms with Gasteiger partial charge in [-0.05, 0) is 12.0 Å². The van der Waals surface area contributed by atoms with E-state index in [2.05, 4.69) is 12.7 Å². The lowest BCUT2D eigenvalue weighted by molar-refractivity contribution is 0.148. The summed E-state index contributed by atoms with van der Waals surface area (Å²) < 4.78 is 0. The van der Waals surface area contributed by atoms with Crippen LogP contribution in [-0.2, 0) is 0 Å². The van der Waals surface area contributed by atoms with Crippen molar-refractivity contribution < 1.29 is 5.11 Å². The van der Waals surface area contributed by atoms with Gasteiger partial charge >= 0.3 is 0 Å². The zero-order valence-electron chi connectivity index (χ0n) is 8.06. The molecule has 0 bridgehead atoms. The van der Waals surface area contributed by atoms with E-state index in [9.17, 15) is 5.11 Å². The van der Waals surface area contributed by atoms with Crippen LogP contribution in [0.25, 0.3) is 0 Å². The highest BCUT2D eigenvalue weighted by molar-refractivity contribution is 5.28. The molecule has 1 aliphatic carbocycles. The van der Waals surface area contributed by atoms with E-state index >= 15 is 0 Å². The van der Waals surface area contributed by atoms with Crippen LogP contribution >= 0.6 is 0 Å². The molecule has 0 spiro atoms. The van der Waals surface area contributed by atoms with Crippen LogP contribution in [0.3, 0.4) is 0 Å². The van der Waals surface area contributed by atoms with Gasteiger partial charge in [0.2, 0.25) is 0 Å². The number of hydrogen-bond donors (Lipinski definition) is 1. The van der Waals surface area contributed by atoms with Crippen molar-refractivity contribution in [2.24, 2.45) is 5.92 Å². The van der Waals surface area contributed by atoms with Crippen molar-refractivity contribution in [1.29, 1.82) is 0 Å². The minimum Gasteiger partial charge on any atom is -0.387 e. The van der Waals surface area contributed by atoms with Crippen LogP contribution in [0.1, 0.15) is 18.1 Å². The maximum Gasteiger partial charge on any atom is 0.0889 e. The lowest BCUT2D eigenvalue weighted by Gasteiger charge is -2.18. The van der Waals surface area contributed by atoms with Crippen LogP contribution in [-0.4, -0.2) is 5.11 Å². The Labute approximate surface area is 84.4 Å². The summed E-state index contributed by atoms with van der Waals surface area (Å²) in [5.74, 6) is 0.0948. The Morgan fingerprint density at radius 3 is 2.57 bits per heavy atom. The number of benzene rings is 1. The number of hydrogen-bond acceptors (Lipinski definition) is 1. The van der Waals surface area contributed by atoms with Crippen LogP contribution in [0, 0.1) is 5.92 Å². The van der Waals surface area contributed by atoms with Gasteiger partial charge in [-0.15, -0.1) is 0 Å². The largest absolute Gasteiger partial charge is 0.387 e. The zero-order chi connectivity index (χ0) is 9.97. The highest BCUT2D eigenvalue weighted by atomic mass is 16.3. The van der Waals surface area contributed by atoms with Gasteiger partial charge in [0.1, 0.15) is 0 Å². The quantitative estimate of drug-likeness (QED) is 0.704. The van der Waals surface area contributed by atoms with Crippen molar-refractivity contribution in [2.45, 2.75) is 12.5 Å². The Bertz CT molecular complexity index is 351. The van der Waals surface area contributed by atoms with Gasteiger partial charge in [0.25, 0.3) is 0 Å². The maximum absolute atomic E-state index is 10.1. The molecule has 1 aromatic carbocycles. The standard InChI is InChI=1S/C13H14O/c1-10-6-5-9-12(10)13(14)11-7-3-2-4-8-11/h2-5,7-9,12-14H,1,6H2. The summed E-state index contributed by atoms with van der Waals surface area (Å²) in [5.41, 5.74) is 2.06. The molecule has 1 heteroatoms. The molecule has 2 unspecified atom stereocenters. The van der Waals surface area contributed by atoms with E-state index < -0.39 is 6.10 Å². The summed E-state index contributed by atoms with van der Waals surface area (Å²) in [4.78, 5) is 0. The molecule has 0 saturated heterocycles. The molecule has 2 atom stereocenters. The fourth-order valence-corrected chi connectivity index (χ4v) is 1.82. The second-order valence-corrected chi connectivity index (χ2v) is 3.67. The van der Waals surface area contributed by atoms with Gasteiger partial charge in [-0.3, -0.25) is 0 Å². The topological polar surface area (TPSA) is 20.2 Å². The number of aliphatic hydroxyl groups is 1. The summed E-state index contributed by atoms with van der Waals surface area (Å²) >= 11 is 0. The van der Waals surface area contributed by atoms with E-state index in [1.807, 2.05) is 36.4 Å². The second kappa shape index (κ2) is 3.81. The Morgan fingerprint density at radius 2 is 2.00 bits per heavy atom. The van der Waals surface area contributed by atoms with Gasteiger partial charge in [0.15, 0.2) is 0 Å². The lowest BCUT2D eigenvalue weighted by atomic mass is 9.92. The molecule has 0 fully saturated rings. The van der Waals surface area contributed by atoms with Gasteiger partial charge < -0.3 is 5.11 Å². The molecule has 0 saturated carbocycles. The summed E-state index contributed by atoms with van der Waals surface area (Å²) in [6.07, 6.45) is 4.57. The van der Waals surface area contributed by atoms with Gasteiger partial charge in [-0.2, -0.15) is 0 Å². The average Bonchev–Trinajstić information content (AvgIpc) is 2.65. The predicted molar refractivity (Wildman–Crippen MR) is 57.8 cm³/mol. The van der Waals surface area contributed by atoms with Crippen molar-refractivity contribution in [2.75, 3.05) is 0 Å². The molecule has 1 aromatic rings. The van der Waals surface area contributed by atoms with Crippen molar-refractivity contribution in [3.05, 3.63) is 60.2 Å². The van der Waals surface area contributed by atoms with Gasteiger partial charge in [0, 0.05) is 5.92 Å². The van der Waals surface area contributed by atoms with E-state index in [0.717, 1.165) is 17.6 Å². The van der Waals surface area contributed by atoms with Crippen LogP contribution in [0.2, 0.25) is 0 Å². The van der Waals surface area contributed by atoms with Crippen molar-refractivity contribution in [3.63, 3.8) is 0 Å². The van der Waals surface area contributed by atoms with Crippen molar-refractivity contribution in [3.8, 4) is 0 Å². The zero-order valence-corrected chi connectivity index (χ0v) is 8.06. The van der Waals surface area contributed by atoms with E-state index in [1.54, 1.807) is 0 Å². The maximum atomic E-state index is 10.1. The van der Waals surface area contributed by atoms with E-state index in [0.29, 0.717) is 0 Å². The van der Waals surface area contributed by atoms with Crippen LogP contribution < -0.4 is 0 Å². The molecule has 72 valence electrons. The number of allylic oxidation sites excluding steroid dienone is 1. The van der Waals surface area contributed by atoms with Crippen molar-refractivity contribution in [1.82, 2.24) is 0 Å². The Hall–Kier alpha value is -1.34. The molecule has 2 rings (SSSR count). The molecule has 14 heavy (non-hydrogen) atoms. The average molecular weight is 186 g/mol. The fraction of sp³-hybridized carbons (Fsp3) is 0.231. The van der Waals surface area contributed by atoms with E-state index in [-0.39, 0.29) is 5.92 Å². The first-order valence-electron chi connectivity index (χ1n) is 4.86. The first-order valence-corrected chi connectivity index (χ1v) is 4.86. The minimum atomic E-state index is -0.442. The molecule has 0 aromatic heterocycles. The van der Waals surface area contributed by atoms with Gasteiger partial charge in [0.05, 0.1) is 6.10 Å². The summed E-state index contributed by atoms with van der Waals surface area (Å²) in [7, 11) is 0. The molecule has 0 aliphatic heterocycles. The monoisotopic (exact) mass is 186 g/mol. The van der Waals surface area contributed by atoms with Crippen molar-refractivity contribution >= 4 is 0 Å². The highest BCUT2D eigenvalue weighted by Gasteiger charge is 2.23. The third-order valence-corrected chi connectivity index (χ3v) is 2.68. The Morgan fingerprint density at radius 1 is 1.29 bits per heavy atom. The predicted octanol–water partition coefficient (Wildman–Crippen LogP) is 2.85. The molecule has 1 N–H and O–H groups in total. The van der Waals surface area contributed by atoms with Gasteiger partial charge in [-0.25, -0.2) is 0 Å². The second-order valence-electron chi connectivity index (χ2n) is 3.67. The normalized spacial score (nSPS) is 22.6. The van der Waals surface area contributed by atoms with Crippen LogP contribution in [0.15, 0.2) is 54.6 Å². The van der Waals surface area contributed by atoms with Crippen LogP contribution in [0.5, 0.6) is 0 Å². The Kier molecular flexibility index (Phi) is 2.51. The Balaban J connectivity index is 2.20. The smallest absolute Gasteiger partial charge is 0.0889 e. The minimum absolute atomic E-state index is 0.0948. The summed E-state index contributed by atoms with van der Waals surface area (Å²) in [5, 5.41) is 10.1. The van der Waals surface area contributed by atoms with Gasteiger partial charge in [-0.1, -0.05) is 54.6 Å². The SMILES string of the molecule is C=C1CC=CC1C(O)c1ccccc1. The molecule has 1 nitrogen and oxygen atoms in total. The lowest BCUT2D eigenvalue weighted by Crippen LogP contribution is -2.09.